The fraction of sp³-hybridized carbons (Fsp3) is 0.382. The van der Waals surface area contributed by atoms with Crippen molar-refractivity contribution in [3.05, 3.63) is 111 Å². The lowest BCUT2D eigenvalue weighted by Crippen LogP contribution is -2.48. The summed E-state index contributed by atoms with van der Waals surface area (Å²) in [5.74, 6) is -0.752. The molecule has 3 aromatic rings. The van der Waals surface area contributed by atoms with E-state index in [0.29, 0.717) is 41.0 Å². The Bertz CT molecular complexity index is 1600. The minimum Gasteiger partial charge on any atom is -0.494 e. The van der Waals surface area contributed by atoms with Crippen LogP contribution in [0.3, 0.4) is 0 Å². The fourth-order valence-corrected chi connectivity index (χ4v) is 5.06. The van der Waals surface area contributed by atoms with E-state index in [0.717, 1.165) is 0 Å². The lowest BCUT2D eigenvalue weighted by Gasteiger charge is -2.32. The van der Waals surface area contributed by atoms with Gasteiger partial charge in [-0.05, 0) is 85.8 Å². The zero-order valence-corrected chi connectivity index (χ0v) is 26.1. The summed E-state index contributed by atoms with van der Waals surface area (Å²) in [4.78, 5) is 35.1. The van der Waals surface area contributed by atoms with E-state index >= 15 is 0 Å². The quantitative estimate of drug-likeness (QED) is 0.0721. The molecule has 242 valence electrons. The van der Waals surface area contributed by atoms with E-state index in [1.165, 1.54) is 12.1 Å². The number of rotatable bonds is 14. The number of carbonyl (C=O) groups is 2. The minimum absolute atomic E-state index is 0.00258. The average molecular weight is 632 g/mol. The van der Waals surface area contributed by atoms with Gasteiger partial charge in [0.05, 0.1) is 13.2 Å². The average Bonchev–Trinajstić information content (AvgIpc) is 3.42. The second kappa shape index (κ2) is 15.4. The maximum atomic E-state index is 14.3. The number of aliphatic imine (C=N–C) groups is 1. The van der Waals surface area contributed by atoms with E-state index in [2.05, 4.69) is 15.3 Å². The predicted octanol–water partition coefficient (Wildman–Crippen LogP) is 6.09. The Hall–Kier alpha value is -4.93. The molecule has 0 saturated heterocycles. The van der Waals surface area contributed by atoms with Gasteiger partial charge in [0.15, 0.2) is 11.6 Å². The van der Waals surface area contributed by atoms with Crippen LogP contribution in [-0.4, -0.2) is 47.2 Å². The SMILES string of the molecule is CC(C)(C)OC(=O)CC[C@@]1(C(=O)NCc2cccc(F)c2)N=C(c2ccc(OCCCO)cc2)O[C@@H]1c1ccccc1CN=[N+]=[N-]. The molecule has 1 heterocycles. The lowest BCUT2D eigenvalue weighted by atomic mass is 9.81. The molecule has 2 atom stereocenters. The van der Waals surface area contributed by atoms with Crippen LogP contribution in [0.4, 0.5) is 4.39 Å². The molecule has 4 rings (SSSR count). The standard InChI is InChI=1S/C34H38FN5O6/c1-33(2,3)46-29(42)16-17-34(32(43)37-21-23-8-6-10-26(35)20-23)30(28-11-5-4-9-25(28)22-38-40-36)45-31(39-34)24-12-14-27(15-13-24)44-19-7-18-41/h4-6,8-15,20,30,41H,7,16-19,21-22H2,1-3H3,(H,37,43)/t30-,34-/m1/s1. The summed E-state index contributed by atoms with van der Waals surface area (Å²) in [6.45, 7) is 5.62. The number of aliphatic hydroxyl groups is 1. The second-order valence-corrected chi connectivity index (χ2v) is 11.8. The number of amides is 1. The third kappa shape index (κ3) is 8.83. The van der Waals surface area contributed by atoms with Gasteiger partial charge in [0.2, 0.25) is 5.90 Å². The monoisotopic (exact) mass is 631 g/mol. The van der Waals surface area contributed by atoms with E-state index in [4.69, 9.17) is 29.8 Å². The number of benzene rings is 3. The van der Waals surface area contributed by atoms with Crippen LogP contribution in [0.25, 0.3) is 10.4 Å². The van der Waals surface area contributed by atoms with Gasteiger partial charge in [0, 0.05) is 36.5 Å². The van der Waals surface area contributed by atoms with Crippen molar-refractivity contribution in [3.8, 4) is 5.75 Å². The van der Waals surface area contributed by atoms with Crippen LogP contribution >= 0.6 is 0 Å². The molecule has 0 bridgehead atoms. The number of halogens is 1. The molecule has 0 unspecified atom stereocenters. The third-order valence-corrected chi connectivity index (χ3v) is 7.14. The number of carbonyl (C=O) groups excluding carboxylic acids is 2. The van der Waals surface area contributed by atoms with Gasteiger partial charge in [0.25, 0.3) is 5.91 Å². The highest BCUT2D eigenvalue weighted by Crippen LogP contribution is 2.44. The molecule has 0 fully saturated rings. The first-order chi connectivity index (χ1) is 22.0. The Labute approximate surface area is 267 Å². The van der Waals surface area contributed by atoms with Crippen LogP contribution in [-0.2, 0) is 32.2 Å². The van der Waals surface area contributed by atoms with Gasteiger partial charge in [0.1, 0.15) is 17.2 Å². The Kier molecular flexibility index (Phi) is 11.3. The van der Waals surface area contributed by atoms with Gasteiger partial charge in [-0.25, -0.2) is 9.38 Å². The molecular weight excluding hydrogens is 593 g/mol. The van der Waals surface area contributed by atoms with Gasteiger partial charge >= 0.3 is 5.97 Å². The maximum absolute atomic E-state index is 14.3. The van der Waals surface area contributed by atoms with Crippen LogP contribution < -0.4 is 10.1 Å². The van der Waals surface area contributed by atoms with Crippen LogP contribution in [0.15, 0.2) is 82.9 Å². The summed E-state index contributed by atoms with van der Waals surface area (Å²) in [7, 11) is 0. The summed E-state index contributed by atoms with van der Waals surface area (Å²) in [5.41, 5.74) is 8.90. The molecule has 1 amide bonds. The Morgan fingerprint density at radius 2 is 1.89 bits per heavy atom. The number of hydrogen-bond acceptors (Lipinski definition) is 8. The smallest absolute Gasteiger partial charge is 0.306 e. The molecule has 1 aliphatic rings. The fourth-order valence-electron chi connectivity index (χ4n) is 5.06. The minimum atomic E-state index is -1.66. The molecule has 0 saturated carbocycles. The molecule has 0 aromatic heterocycles. The van der Waals surface area contributed by atoms with Crippen molar-refractivity contribution in [2.24, 2.45) is 10.1 Å². The molecule has 1 aliphatic heterocycles. The van der Waals surface area contributed by atoms with E-state index in [1.807, 2.05) is 0 Å². The van der Waals surface area contributed by atoms with Crippen LogP contribution in [0.2, 0.25) is 0 Å². The topological polar surface area (TPSA) is 155 Å². The predicted molar refractivity (Wildman–Crippen MR) is 169 cm³/mol. The first kappa shape index (κ1) is 34.0. The van der Waals surface area contributed by atoms with Crippen LogP contribution in [0, 0.1) is 5.82 Å². The molecule has 3 aromatic carbocycles. The maximum Gasteiger partial charge on any atom is 0.306 e. The Morgan fingerprint density at radius 3 is 2.59 bits per heavy atom. The van der Waals surface area contributed by atoms with Crippen LogP contribution in [0.1, 0.15) is 68.4 Å². The molecule has 11 nitrogen and oxygen atoms in total. The molecule has 0 aliphatic carbocycles. The zero-order chi connectivity index (χ0) is 33.2. The number of hydrogen-bond donors (Lipinski definition) is 2. The van der Waals surface area contributed by atoms with Crippen molar-refractivity contribution >= 4 is 17.8 Å². The number of ether oxygens (including phenoxy) is 3. The molecular formula is C34H38FN5O6. The summed E-state index contributed by atoms with van der Waals surface area (Å²) < 4.78 is 31.7. The number of nitrogens with one attached hydrogen (secondary N) is 1. The van der Waals surface area contributed by atoms with Gasteiger partial charge in [-0.3, -0.25) is 9.59 Å². The summed E-state index contributed by atoms with van der Waals surface area (Å²) in [5, 5.41) is 15.7. The molecule has 46 heavy (non-hydrogen) atoms. The number of azide groups is 1. The lowest BCUT2D eigenvalue weighted by molar-refractivity contribution is -0.155. The van der Waals surface area contributed by atoms with Gasteiger partial charge in [-0.15, -0.1) is 0 Å². The summed E-state index contributed by atoms with van der Waals surface area (Å²) in [6, 6.07) is 19.9. The van der Waals surface area contributed by atoms with Crippen molar-refractivity contribution < 1.29 is 33.3 Å². The summed E-state index contributed by atoms with van der Waals surface area (Å²) in [6.07, 6.45) is -0.775. The Morgan fingerprint density at radius 1 is 1.13 bits per heavy atom. The van der Waals surface area contributed by atoms with Crippen LogP contribution in [0.5, 0.6) is 5.75 Å². The van der Waals surface area contributed by atoms with Gasteiger partial charge in [-0.1, -0.05) is 41.5 Å². The van der Waals surface area contributed by atoms with Crippen molar-refractivity contribution in [2.45, 2.75) is 70.4 Å². The normalized spacial score (nSPS) is 17.3. The van der Waals surface area contributed by atoms with Crippen molar-refractivity contribution in [3.63, 3.8) is 0 Å². The summed E-state index contributed by atoms with van der Waals surface area (Å²) >= 11 is 0. The van der Waals surface area contributed by atoms with Crippen molar-refractivity contribution in [1.29, 1.82) is 0 Å². The first-order valence-corrected chi connectivity index (χ1v) is 15.0. The highest BCUT2D eigenvalue weighted by Gasteiger charge is 2.53. The largest absolute Gasteiger partial charge is 0.494 e. The van der Waals surface area contributed by atoms with Crippen molar-refractivity contribution in [2.75, 3.05) is 13.2 Å². The molecule has 0 radical (unpaired) electrons. The second-order valence-electron chi connectivity index (χ2n) is 11.8. The zero-order valence-electron chi connectivity index (χ0n) is 26.1. The Balaban J connectivity index is 1.78. The molecule has 12 heteroatoms. The van der Waals surface area contributed by atoms with Gasteiger partial charge < -0.3 is 24.6 Å². The highest BCUT2D eigenvalue weighted by molar-refractivity contribution is 6.01. The third-order valence-electron chi connectivity index (χ3n) is 7.14. The first-order valence-electron chi connectivity index (χ1n) is 15.0. The number of aliphatic hydroxyl groups excluding tert-OH is 1. The van der Waals surface area contributed by atoms with Gasteiger partial charge in [-0.2, -0.15) is 0 Å². The van der Waals surface area contributed by atoms with E-state index in [1.54, 1.807) is 81.4 Å². The number of esters is 1. The highest BCUT2D eigenvalue weighted by atomic mass is 19.1. The number of nitrogens with zero attached hydrogens (tertiary/aromatic N) is 4. The van der Waals surface area contributed by atoms with Crippen molar-refractivity contribution in [1.82, 2.24) is 5.32 Å². The molecule has 0 spiro atoms. The van der Waals surface area contributed by atoms with E-state index < -0.39 is 34.9 Å². The van der Waals surface area contributed by atoms with E-state index in [-0.39, 0.29) is 38.4 Å². The van der Waals surface area contributed by atoms with E-state index in [9.17, 15) is 14.0 Å². The molecule has 2 N–H and O–H groups in total.